The molecule has 1 atom stereocenters. The van der Waals surface area contributed by atoms with E-state index in [-0.39, 0.29) is 6.04 Å². The Morgan fingerprint density at radius 3 is 2.52 bits per heavy atom. The minimum absolute atomic E-state index is 0.265. The average Bonchev–Trinajstić information content (AvgIpc) is 3.25. The monoisotopic (exact) mass is 345 g/mol. The first-order chi connectivity index (χ1) is 11.3. The highest BCUT2D eigenvalue weighted by Crippen LogP contribution is 2.30. The van der Waals surface area contributed by atoms with Crippen molar-refractivity contribution in [3.63, 3.8) is 0 Å². The summed E-state index contributed by atoms with van der Waals surface area (Å²) < 4.78 is 0.817. The van der Waals surface area contributed by atoms with Gasteiger partial charge < -0.3 is 10.3 Å². The number of thiophene rings is 1. The Morgan fingerprint density at radius 1 is 1.04 bits per heavy atom. The van der Waals surface area contributed by atoms with Crippen molar-refractivity contribution in [2.75, 3.05) is 18.0 Å². The summed E-state index contributed by atoms with van der Waals surface area (Å²) in [6, 6.07) is 13.2. The highest BCUT2D eigenvalue weighted by molar-refractivity contribution is 7.18. The van der Waals surface area contributed by atoms with Gasteiger partial charge >= 0.3 is 0 Å². The number of piperidine rings is 1. The molecule has 1 saturated heterocycles. The molecule has 1 N–H and O–H groups in total. The zero-order valence-corrected chi connectivity index (χ0v) is 14.5. The van der Waals surface area contributed by atoms with Crippen LogP contribution in [0.15, 0.2) is 41.5 Å². The van der Waals surface area contributed by atoms with Crippen LogP contribution in [0.2, 0.25) is 4.34 Å². The first kappa shape index (κ1) is 15.0. The van der Waals surface area contributed by atoms with E-state index < -0.39 is 0 Å². The third-order valence-electron chi connectivity index (χ3n) is 4.63. The van der Waals surface area contributed by atoms with Crippen LogP contribution in [0.25, 0.3) is 0 Å². The van der Waals surface area contributed by atoms with Gasteiger partial charge in [-0.15, -0.1) is 11.3 Å². The van der Waals surface area contributed by atoms with Crippen molar-refractivity contribution in [1.82, 2.24) is 5.43 Å². The molecule has 1 aromatic carbocycles. The summed E-state index contributed by atoms with van der Waals surface area (Å²) in [5.41, 5.74) is 7.01. The molecule has 2 aromatic rings. The Hall–Kier alpha value is -1.52. The first-order valence-corrected chi connectivity index (χ1v) is 9.42. The highest BCUT2D eigenvalue weighted by atomic mass is 35.5. The Balaban J connectivity index is 1.43. The minimum Gasteiger partial charge on any atom is -0.372 e. The van der Waals surface area contributed by atoms with Gasteiger partial charge in [-0.05, 0) is 49.1 Å². The van der Waals surface area contributed by atoms with E-state index in [1.165, 1.54) is 43.6 Å². The third-order valence-corrected chi connectivity index (χ3v) is 5.91. The fourth-order valence-corrected chi connectivity index (χ4v) is 4.37. The van der Waals surface area contributed by atoms with E-state index in [4.69, 9.17) is 11.6 Å². The second-order valence-electron chi connectivity index (χ2n) is 6.19. The molecule has 4 rings (SSSR count). The molecule has 0 radical (unpaired) electrons. The Bertz CT molecular complexity index is 701. The van der Waals surface area contributed by atoms with Gasteiger partial charge in [0, 0.05) is 25.2 Å². The number of anilines is 1. The number of hydrazone groups is 1. The van der Waals surface area contributed by atoms with Gasteiger partial charge in [0.05, 0.1) is 21.0 Å². The van der Waals surface area contributed by atoms with Crippen LogP contribution < -0.4 is 10.3 Å². The molecule has 0 spiro atoms. The van der Waals surface area contributed by atoms with Gasteiger partial charge in [0.1, 0.15) is 0 Å². The van der Waals surface area contributed by atoms with Crippen LogP contribution in [-0.4, -0.2) is 18.8 Å². The summed E-state index contributed by atoms with van der Waals surface area (Å²) in [7, 11) is 0. The van der Waals surface area contributed by atoms with Crippen LogP contribution in [0.5, 0.6) is 0 Å². The Kier molecular flexibility index (Phi) is 4.27. The summed E-state index contributed by atoms with van der Waals surface area (Å²) in [6.07, 6.45) is 4.91. The fourth-order valence-electron chi connectivity index (χ4n) is 3.33. The predicted molar refractivity (Wildman–Crippen MR) is 98.9 cm³/mol. The summed E-state index contributed by atoms with van der Waals surface area (Å²) in [5, 5.41) is 4.50. The smallest absolute Gasteiger partial charge is 0.0935 e. The maximum Gasteiger partial charge on any atom is 0.0935 e. The minimum atomic E-state index is 0.265. The molecular weight excluding hydrogens is 326 g/mol. The van der Waals surface area contributed by atoms with E-state index in [2.05, 4.69) is 45.8 Å². The molecule has 1 fully saturated rings. The number of rotatable bonds is 3. The summed E-state index contributed by atoms with van der Waals surface area (Å²) in [4.78, 5) is 3.65. The molecule has 0 bridgehead atoms. The zero-order chi connectivity index (χ0) is 15.6. The normalized spacial score (nSPS) is 21.2. The molecule has 2 aliphatic heterocycles. The van der Waals surface area contributed by atoms with E-state index in [0.717, 1.165) is 21.3 Å². The lowest BCUT2D eigenvalue weighted by atomic mass is 10.0. The molecule has 3 nitrogen and oxygen atoms in total. The molecule has 2 aliphatic rings. The van der Waals surface area contributed by atoms with Crippen LogP contribution in [0.3, 0.4) is 0 Å². The lowest BCUT2D eigenvalue weighted by Crippen LogP contribution is -2.29. The van der Waals surface area contributed by atoms with E-state index in [1.54, 1.807) is 11.3 Å². The highest BCUT2D eigenvalue weighted by Gasteiger charge is 2.22. The SMILES string of the molecule is Clc1ccc(C2=NNC(c3ccc(N4CCCCC4)cc3)C2)s1. The third kappa shape index (κ3) is 3.24. The van der Waals surface area contributed by atoms with E-state index >= 15 is 0 Å². The quantitative estimate of drug-likeness (QED) is 0.862. The Morgan fingerprint density at radius 2 is 1.83 bits per heavy atom. The summed E-state index contributed by atoms with van der Waals surface area (Å²) >= 11 is 7.61. The van der Waals surface area contributed by atoms with Crippen molar-refractivity contribution in [2.24, 2.45) is 5.10 Å². The number of hydrogen-bond acceptors (Lipinski definition) is 4. The second kappa shape index (κ2) is 6.54. The molecule has 1 aromatic heterocycles. The topological polar surface area (TPSA) is 27.6 Å². The van der Waals surface area contributed by atoms with Gasteiger partial charge in [-0.25, -0.2) is 0 Å². The number of nitrogens with one attached hydrogen (secondary N) is 1. The van der Waals surface area contributed by atoms with Crippen LogP contribution in [-0.2, 0) is 0 Å². The first-order valence-electron chi connectivity index (χ1n) is 8.22. The molecule has 5 heteroatoms. The van der Waals surface area contributed by atoms with Crippen molar-refractivity contribution in [2.45, 2.75) is 31.7 Å². The zero-order valence-electron chi connectivity index (χ0n) is 13.0. The van der Waals surface area contributed by atoms with Gasteiger partial charge in [-0.1, -0.05) is 23.7 Å². The summed E-state index contributed by atoms with van der Waals surface area (Å²) in [5.74, 6) is 0. The largest absolute Gasteiger partial charge is 0.372 e. The number of hydrogen-bond donors (Lipinski definition) is 1. The van der Waals surface area contributed by atoms with Crippen molar-refractivity contribution < 1.29 is 0 Å². The van der Waals surface area contributed by atoms with Crippen LogP contribution in [0.1, 0.15) is 42.2 Å². The molecule has 0 aliphatic carbocycles. The van der Waals surface area contributed by atoms with Gasteiger partial charge in [0.25, 0.3) is 0 Å². The van der Waals surface area contributed by atoms with Crippen LogP contribution in [0.4, 0.5) is 5.69 Å². The van der Waals surface area contributed by atoms with Gasteiger partial charge in [0.15, 0.2) is 0 Å². The molecule has 0 saturated carbocycles. The van der Waals surface area contributed by atoms with Gasteiger partial charge in [-0.2, -0.15) is 5.10 Å². The number of halogens is 1. The maximum absolute atomic E-state index is 6.02. The maximum atomic E-state index is 6.02. The lowest BCUT2D eigenvalue weighted by Gasteiger charge is -2.29. The summed E-state index contributed by atoms with van der Waals surface area (Å²) in [6.45, 7) is 2.38. The van der Waals surface area contributed by atoms with E-state index in [1.807, 2.05) is 6.07 Å². The van der Waals surface area contributed by atoms with Crippen LogP contribution >= 0.6 is 22.9 Å². The van der Waals surface area contributed by atoms with E-state index in [0.29, 0.717) is 0 Å². The standard InChI is InChI=1S/C18H20ClN3S/c19-18-9-8-17(23-18)16-12-15(20-21-16)13-4-6-14(7-5-13)22-10-2-1-3-11-22/h4-9,15,20H,1-3,10-12H2. The molecule has 3 heterocycles. The molecule has 23 heavy (non-hydrogen) atoms. The Labute approximate surface area is 146 Å². The molecule has 0 amide bonds. The number of benzene rings is 1. The molecular formula is C18H20ClN3S. The van der Waals surface area contributed by atoms with E-state index in [9.17, 15) is 0 Å². The predicted octanol–water partition coefficient (Wildman–Crippen LogP) is 4.83. The second-order valence-corrected chi connectivity index (χ2v) is 7.90. The van der Waals surface area contributed by atoms with Crippen molar-refractivity contribution in [3.8, 4) is 0 Å². The van der Waals surface area contributed by atoms with Crippen LogP contribution in [0, 0.1) is 0 Å². The lowest BCUT2D eigenvalue weighted by molar-refractivity contribution is 0.577. The van der Waals surface area contributed by atoms with Crippen molar-refractivity contribution in [1.29, 1.82) is 0 Å². The fraction of sp³-hybridized carbons (Fsp3) is 0.389. The average molecular weight is 346 g/mol. The van der Waals surface area contributed by atoms with Gasteiger partial charge in [0.2, 0.25) is 0 Å². The molecule has 120 valence electrons. The number of nitrogens with zero attached hydrogens (tertiary/aromatic N) is 2. The van der Waals surface area contributed by atoms with Crippen molar-refractivity contribution >= 4 is 34.3 Å². The van der Waals surface area contributed by atoms with Gasteiger partial charge in [-0.3, -0.25) is 0 Å². The molecule has 1 unspecified atom stereocenters. The van der Waals surface area contributed by atoms with Crippen molar-refractivity contribution in [3.05, 3.63) is 51.2 Å².